The van der Waals surface area contributed by atoms with Crippen LogP contribution >= 0.6 is 0 Å². The molecule has 0 radical (unpaired) electrons. The summed E-state index contributed by atoms with van der Waals surface area (Å²) in [5.74, 6) is -2.42. The van der Waals surface area contributed by atoms with E-state index in [1.165, 1.54) is 6.92 Å². The Morgan fingerprint density at radius 1 is 1.18 bits per heavy atom. The molecule has 4 heteroatoms. The standard InChI is InChI=1S/C24H34O4/c1-14-12-18-19(22(4)9-6-17(27)13-21(14)22)7-10-23(5)20(18)8-11-24(23,15(2)25)28-16(3)26/h13-14,18-20H,6-12H2,1-5H3/t14-,18-,19+,20+,22-,23+,24+/m1/s1/i1D3,3D3. The zero-order valence-corrected chi connectivity index (χ0v) is 17.0. The molecule has 3 fully saturated rings. The normalized spacial score (nSPS) is 51.5. The number of ketones is 2. The number of Topliss-reactive ketones (excluding diaryl/α,β-unsaturated/α-hetero) is 1. The van der Waals surface area contributed by atoms with Gasteiger partial charge in [0, 0.05) is 26.9 Å². The van der Waals surface area contributed by atoms with Crippen LogP contribution in [0.4, 0.5) is 0 Å². The summed E-state index contributed by atoms with van der Waals surface area (Å²) >= 11 is 0. The number of carbonyl (C=O) groups excluding carboxylic acids is 3. The number of rotatable bonds is 2. The smallest absolute Gasteiger partial charge is 0.303 e. The molecule has 4 rings (SSSR count). The molecule has 3 saturated carbocycles. The molecule has 0 unspecified atom stereocenters. The topological polar surface area (TPSA) is 60.4 Å². The van der Waals surface area contributed by atoms with Gasteiger partial charge in [-0.1, -0.05) is 26.3 Å². The summed E-state index contributed by atoms with van der Waals surface area (Å²) in [5, 5.41) is 0. The molecule has 28 heavy (non-hydrogen) atoms. The molecular weight excluding hydrogens is 352 g/mol. The van der Waals surface area contributed by atoms with E-state index in [4.69, 9.17) is 13.0 Å². The molecule has 0 bridgehead atoms. The Bertz CT molecular complexity index is 952. The quantitative estimate of drug-likeness (QED) is 0.642. The third-order valence-corrected chi connectivity index (χ3v) is 8.96. The lowest BCUT2D eigenvalue weighted by atomic mass is 9.44. The van der Waals surface area contributed by atoms with Gasteiger partial charge in [-0.2, -0.15) is 0 Å². The number of esters is 1. The van der Waals surface area contributed by atoms with Crippen molar-refractivity contribution in [1.82, 2.24) is 0 Å². The van der Waals surface area contributed by atoms with E-state index in [1.54, 1.807) is 6.08 Å². The Kier molecular flexibility index (Phi) is 3.07. The highest BCUT2D eigenvalue weighted by Crippen LogP contribution is 2.69. The number of hydrogen-bond donors (Lipinski definition) is 0. The molecule has 0 spiro atoms. The van der Waals surface area contributed by atoms with Gasteiger partial charge >= 0.3 is 5.97 Å². The fraction of sp³-hybridized carbons (Fsp3) is 0.792. The van der Waals surface area contributed by atoms with Gasteiger partial charge in [-0.15, -0.1) is 0 Å². The van der Waals surface area contributed by atoms with Crippen LogP contribution in [0.1, 0.15) is 87.6 Å². The second-order valence-corrected chi connectivity index (χ2v) is 9.92. The van der Waals surface area contributed by atoms with E-state index in [9.17, 15) is 14.4 Å². The SMILES string of the molecule is [2H]C([2H])([2H])C(=O)O[C@]1(C(C)=O)CC[C@H]2[C@@H]3C[C@@H](C([2H])([2H])[2H])C4=CC(=O)CC[C@]4(C)[C@H]3CC[C@@]21C. The predicted octanol–water partition coefficient (Wildman–Crippen LogP) is 4.66. The van der Waals surface area contributed by atoms with E-state index in [-0.39, 0.29) is 35.7 Å². The highest BCUT2D eigenvalue weighted by atomic mass is 16.6. The first-order chi connectivity index (χ1) is 15.5. The average Bonchev–Trinajstić information content (AvgIpc) is 3.00. The fourth-order valence-electron chi connectivity index (χ4n) is 7.62. The van der Waals surface area contributed by atoms with Gasteiger partial charge in [-0.3, -0.25) is 14.4 Å². The Morgan fingerprint density at radius 2 is 1.93 bits per heavy atom. The number of carbonyl (C=O) groups is 3. The van der Waals surface area contributed by atoms with Crippen LogP contribution in [0.5, 0.6) is 0 Å². The average molecular weight is 393 g/mol. The maximum Gasteiger partial charge on any atom is 0.303 e. The van der Waals surface area contributed by atoms with Crippen LogP contribution in [0.3, 0.4) is 0 Å². The number of fused-ring (bicyclic) bond motifs is 5. The first-order valence-electron chi connectivity index (χ1n) is 13.5. The van der Waals surface area contributed by atoms with Crippen LogP contribution in [0.25, 0.3) is 0 Å². The van der Waals surface area contributed by atoms with Gasteiger partial charge in [0.05, 0.1) is 0 Å². The zero-order chi connectivity index (χ0) is 25.5. The van der Waals surface area contributed by atoms with Crippen LogP contribution in [0, 0.1) is 34.5 Å². The molecule has 0 aromatic carbocycles. The molecule has 154 valence electrons. The van der Waals surface area contributed by atoms with Gasteiger partial charge in [0.2, 0.25) is 0 Å². The van der Waals surface area contributed by atoms with E-state index >= 15 is 0 Å². The highest BCUT2D eigenvalue weighted by molar-refractivity contribution is 5.92. The monoisotopic (exact) mass is 392 g/mol. The first-order valence-corrected chi connectivity index (χ1v) is 10.5. The van der Waals surface area contributed by atoms with Crippen molar-refractivity contribution in [1.29, 1.82) is 0 Å². The fourth-order valence-corrected chi connectivity index (χ4v) is 7.62. The lowest BCUT2D eigenvalue weighted by molar-refractivity contribution is -0.187. The Hall–Kier alpha value is -1.45. The van der Waals surface area contributed by atoms with Crippen LogP contribution in [0.2, 0.25) is 0 Å². The summed E-state index contributed by atoms with van der Waals surface area (Å²) < 4.78 is 52.7. The summed E-state index contributed by atoms with van der Waals surface area (Å²) in [7, 11) is 0. The van der Waals surface area contributed by atoms with Crippen molar-refractivity contribution in [3.05, 3.63) is 11.6 Å². The van der Waals surface area contributed by atoms with Gasteiger partial charge in [-0.25, -0.2) is 0 Å². The van der Waals surface area contributed by atoms with E-state index in [0.717, 1.165) is 5.57 Å². The van der Waals surface area contributed by atoms with Crippen LogP contribution in [-0.2, 0) is 19.1 Å². The third kappa shape index (κ3) is 2.45. The summed E-state index contributed by atoms with van der Waals surface area (Å²) in [6, 6.07) is 0. The second kappa shape index (κ2) is 6.27. The van der Waals surface area contributed by atoms with Crippen LogP contribution < -0.4 is 0 Å². The molecule has 0 saturated heterocycles. The number of allylic oxidation sites excluding steroid dienone is 1. The van der Waals surface area contributed by atoms with Crippen molar-refractivity contribution in [2.75, 3.05) is 0 Å². The summed E-state index contributed by atoms with van der Waals surface area (Å²) in [6.45, 7) is 0.136. The maximum absolute atomic E-state index is 13.0. The molecule has 0 aromatic heterocycles. The van der Waals surface area contributed by atoms with Crippen molar-refractivity contribution in [3.8, 4) is 0 Å². The van der Waals surface area contributed by atoms with Gasteiger partial charge in [0.1, 0.15) is 0 Å². The molecule has 4 aliphatic carbocycles. The third-order valence-electron chi connectivity index (χ3n) is 8.96. The largest absolute Gasteiger partial charge is 0.451 e. The first kappa shape index (κ1) is 13.7. The highest BCUT2D eigenvalue weighted by Gasteiger charge is 2.68. The van der Waals surface area contributed by atoms with Gasteiger partial charge < -0.3 is 4.74 Å². The van der Waals surface area contributed by atoms with E-state index in [2.05, 4.69) is 6.92 Å². The summed E-state index contributed by atoms with van der Waals surface area (Å²) in [6.07, 6.45) is 5.05. The van der Waals surface area contributed by atoms with Crippen molar-refractivity contribution in [3.63, 3.8) is 0 Å². The van der Waals surface area contributed by atoms with Crippen LogP contribution in [0.15, 0.2) is 11.6 Å². The van der Waals surface area contributed by atoms with Crippen molar-refractivity contribution in [2.45, 2.75) is 85.0 Å². The molecule has 7 atom stereocenters. The van der Waals surface area contributed by atoms with Gasteiger partial charge in [0.25, 0.3) is 0 Å². The molecule has 0 aliphatic heterocycles. The Labute approximate surface area is 176 Å². The van der Waals surface area contributed by atoms with E-state index in [1.807, 2.05) is 6.92 Å². The Morgan fingerprint density at radius 3 is 2.61 bits per heavy atom. The number of ether oxygens (including phenoxy) is 1. The van der Waals surface area contributed by atoms with E-state index < -0.39 is 42.0 Å². The number of hydrogen-bond acceptors (Lipinski definition) is 4. The minimum Gasteiger partial charge on any atom is -0.451 e. The van der Waals surface area contributed by atoms with Crippen molar-refractivity contribution >= 4 is 17.5 Å². The molecule has 0 aromatic rings. The molecule has 0 heterocycles. The lowest BCUT2D eigenvalue weighted by Gasteiger charge is -2.60. The van der Waals surface area contributed by atoms with Crippen LogP contribution in [-0.4, -0.2) is 23.1 Å². The lowest BCUT2D eigenvalue weighted by Crippen LogP contribution is -2.59. The molecule has 4 nitrogen and oxygen atoms in total. The molecular formula is C24H34O4. The molecule has 0 amide bonds. The molecule has 4 aliphatic rings. The summed E-state index contributed by atoms with van der Waals surface area (Å²) in [5.41, 5.74) is -1.96. The Balaban J connectivity index is 1.77. The summed E-state index contributed by atoms with van der Waals surface area (Å²) in [4.78, 5) is 37.7. The maximum atomic E-state index is 13.0. The van der Waals surface area contributed by atoms with E-state index in [0.29, 0.717) is 38.5 Å². The molecule has 0 N–H and O–H groups in total. The van der Waals surface area contributed by atoms with Gasteiger partial charge in [0.15, 0.2) is 17.2 Å². The van der Waals surface area contributed by atoms with Crippen molar-refractivity contribution in [2.24, 2.45) is 34.5 Å². The zero-order valence-electron chi connectivity index (χ0n) is 23.0. The van der Waals surface area contributed by atoms with Crippen molar-refractivity contribution < 1.29 is 27.3 Å². The minimum absolute atomic E-state index is 0.0196. The predicted molar refractivity (Wildman–Crippen MR) is 106 cm³/mol. The van der Waals surface area contributed by atoms with Gasteiger partial charge in [-0.05, 0) is 80.6 Å². The second-order valence-electron chi connectivity index (χ2n) is 9.92. The minimum atomic E-state index is -2.97.